The second-order valence-corrected chi connectivity index (χ2v) is 10.00. The summed E-state index contributed by atoms with van der Waals surface area (Å²) in [7, 11) is 1.62. The van der Waals surface area contributed by atoms with Crippen LogP contribution in [0.2, 0.25) is 0 Å². The summed E-state index contributed by atoms with van der Waals surface area (Å²) < 4.78 is 7.39. The zero-order chi connectivity index (χ0) is 25.4. The molecule has 182 valence electrons. The van der Waals surface area contributed by atoms with Crippen LogP contribution in [0.25, 0.3) is 27.6 Å². The van der Waals surface area contributed by atoms with Gasteiger partial charge < -0.3 is 9.72 Å². The maximum Gasteiger partial charge on any atom is 0.283 e. The van der Waals surface area contributed by atoms with Crippen molar-refractivity contribution < 1.29 is 4.74 Å². The van der Waals surface area contributed by atoms with Gasteiger partial charge in [-0.25, -0.2) is 9.55 Å². The Bertz CT molecular complexity index is 1740. The van der Waals surface area contributed by atoms with Gasteiger partial charge in [-0.1, -0.05) is 96.7 Å². The van der Waals surface area contributed by atoms with Crippen molar-refractivity contribution in [2.24, 2.45) is 0 Å². The molecule has 0 aliphatic carbocycles. The first-order valence-corrected chi connectivity index (χ1v) is 13.0. The Morgan fingerprint density at radius 1 is 0.865 bits per heavy atom. The lowest BCUT2D eigenvalue weighted by Gasteiger charge is -2.21. The second-order valence-electron chi connectivity index (χ2n) is 8.92. The van der Waals surface area contributed by atoms with E-state index in [9.17, 15) is 4.79 Å². The van der Waals surface area contributed by atoms with E-state index in [-0.39, 0.29) is 10.8 Å². The zero-order valence-electron chi connectivity index (χ0n) is 20.5. The Labute approximate surface area is 218 Å². The maximum absolute atomic E-state index is 14.2. The van der Waals surface area contributed by atoms with E-state index in [1.807, 2.05) is 85.8 Å². The summed E-state index contributed by atoms with van der Waals surface area (Å²) >= 11 is 1.56. The molecule has 4 aromatic carbocycles. The quantitative estimate of drug-likeness (QED) is 0.195. The molecule has 0 aliphatic rings. The van der Waals surface area contributed by atoms with Crippen molar-refractivity contribution in [2.45, 2.75) is 17.3 Å². The molecule has 0 amide bonds. The summed E-state index contributed by atoms with van der Waals surface area (Å²) in [5, 5.41) is 1.46. The van der Waals surface area contributed by atoms with E-state index in [0.717, 1.165) is 27.6 Å². The van der Waals surface area contributed by atoms with Gasteiger partial charge in [0, 0.05) is 10.9 Å². The number of nitrogens with zero attached hydrogens (tertiary/aromatic N) is 2. The monoisotopic (exact) mass is 503 g/mol. The maximum atomic E-state index is 14.2. The Hall–Kier alpha value is -4.29. The summed E-state index contributed by atoms with van der Waals surface area (Å²) in [4.78, 5) is 22.6. The van der Waals surface area contributed by atoms with Gasteiger partial charge in [0.25, 0.3) is 5.56 Å². The molecular formula is C31H25N3O2S. The van der Waals surface area contributed by atoms with Crippen LogP contribution in [-0.2, 0) is 0 Å². The molecule has 0 aliphatic heterocycles. The minimum Gasteiger partial charge on any atom is -0.495 e. The van der Waals surface area contributed by atoms with Crippen molar-refractivity contribution in [2.75, 3.05) is 7.11 Å². The third-order valence-corrected chi connectivity index (χ3v) is 7.76. The summed E-state index contributed by atoms with van der Waals surface area (Å²) in [6.45, 7) is 2.01. The van der Waals surface area contributed by atoms with Crippen LogP contribution in [0.5, 0.6) is 5.75 Å². The number of rotatable bonds is 6. The molecule has 0 atom stereocenters. The highest BCUT2D eigenvalue weighted by Crippen LogP contribution is 2.41. The number of hydrogen-bond donors (Lipinski definition) is 1. The number of aromatic nitrogens is 3. The largest absolute Gasteiger partial charge is 0.495 e. The van der Waals surface area contributed by atoms with Crippen LogP contribution in [0.3, 0.4) is 0 Å². The average molecular weight is 504 g/mol. The van der Waals surface area contributed by atoms with Crippen LogP contribution in [0.15, 0.2) is 113 Å². The molecule has 0 radical (unpaired) electrons. The second kappa shape index (κ2) is 9.64. The van der Waals surface area contributed by atoms with Crippen LogP contribution in [0.1, 0.15) is 21.9 Å². The number of nitrogens with one attached hydrogen (secondary N) is 1. The SMILES string of the molecule is COc1ccc(C)cc1-n1c(SC(c2ccccc2)c2ccccc2)nc2c([nH]c3ccccc32)c1=O. The van der Waals surface area contributed by atoms with E-state index >= 15 is 0 Å². The molecule has 1 N–H and O–H groups in total. The standard InChI is InChI=1S/C31H25N3O2S/c1-20-17-18-26(36-2)25(19-20)34-30(35)28-27(23-15-9-10-16-24(23)32-28)33-31(34)37-29(21-11-5-3-6-12-21)22-13-7-4-8-14-22/h3-19,29,32H,1-2H3. The summed E-state index contributed by atoms with van der Waals surface area (Å²) in [5.74, 6) is 0.614. The Morgan fingerprint density at radius 2 is 1.51 bits per heavy atom. The van der Waals surface area contributed by atoms with Crippen molar-refractivity contribution in [3.05, 3.63) is 130 Å². The molecule has 37 heavy (non-hydrogen) atoms. The van der Waals surface area contributed by atoms with Crippen LogP contribution < -0.4 is 10.3 Å². The topological polar surface area (TPSA) is 59.9 Å². The van der Waals surface area contributed by atoms with Crippen molar-refractivity contribution >= 4 is 33.7 Å². The Morgan fingerprint density at radius 3 is 2.19 bits per heavy atom. The average Bonchev–Trinajstić information content (AvgIpc) is 3.32. The number of aromatic amines is 1. The van der Waals surface area contributed by atoms with Gasteiger partial charge in [0.2, 0.25) is 0 Å². The summed E-state index contributed by atoms with van der Waals surface area (Å²) in [6, 6.07) is 34.4. The van der Waals surface area contributed by atoms with Gasteiger partial charge in [0.1, 0.15) is 16.8 Å². The van der Waals surface area contributed by atoms with E-state index in [1.54, 1.807) is 23.4 Å². The minimum absolute atomic E-state index is 0.0704. The molecule has 0 fully saturated rings. The summed E-state index contributed by atoms with van der Waals surface area (Å²) in [6.07, 6.45) is 0. The van der Waals surface area contributed by atoms with Crippen molar-refractivity contribution in [3.63, 3.8) is 0 Å². The molecule has 6 aromatic rings. The van der Waals surface area contributed by atoms with Crippen molar-refractivity contribution in [1.29, 1.82) is 0 Å². The van der Waals surface area contributed by atoms with Gasteiger partial charge >= 0.3 is 0 Å². The fourth-order valence-electron chi connectivity index (χ4n) is 4.70. The molecular weight excluding hydrogens is 478 g/mol. The first kappa shape index (κ1) is 23.1. The number of aryl methyl sites for hydroxylation is 1. The Balaban J connectivity index is 1.65. The molecule has 0 saturated heterocycles. The predicted molar refractivity (Wildman–Crippen MR) is 151 cm³/mol. The number of hydrogen-bond acceptors (Lipinski definition) is 4. The van der Waals surface area contributed by atoms with E-state index < -0.39 is 0 Å². The first-order chi connectivity index (χ1) is 18.1. The van der Waals surface area contributed by atoms with Crippen LogP contribution in [-0.4, -0.2) is 21.6 Å². The molecule has 0 unspecified atom stereocenters. The van der Waals surface area contributed by atoms with Gasteiger partial charge in [-0.05, 0) is 41.8 Å². The van der Waals surface area contributed by atoms with Gasteiger partial charge in [-0.15, -0.1) is 0 Å². The van der Waals surface area contributed by atoms with Crippen LogP contribution in [0, 0.1) is 6.92 Å². The molecule has 2 heterocycles. The van der Waals surface area contributed by atoms with E-state index in [0.29, 0.717) is 27.6 Å². The third-order valence-electron chi connectivity index (χ3n) is 6.50. The zero-order valence-corrected chi connectivity index (χ0v) is 21.3. The molecule has 6 rings (SSSR count). The van der Waals surface area contributed by atoms with Gasteiger partial charge in [-0.2, -0.15) is 0 Å². The predicted octanol–water partition coefficient (Wildman–Crippen LogP) is 7.07. The van der Waals surface area contributed by atoms with Crippen LogP contribution in [0.4, 0.5) is 0 Å². The van der Waals surface area contributed by atoms with E-state index in [4.69, 9.17) is 9.72 Å². The lowest BCUT2D eigenvalue weighted by atomic mass is 10.0. The lowest BCUT2D eigenvalue weighted by molar-refractivity contribution is 0.411. The van der Waals surface area contributed by atoms with Crippen molar-refractivity contribution in [1.82, 2.24) is 14.5 Å². The first-order valence-electron chi connectivity index (χ1n) is 12.1. The number of benzene rings is 4. The molecule has 0 saturated carbocycles. The Kier molecular flexibility index (Phi) is 6.02. The number of methoxy groups -OCH3 is 1. The fourth-order valence-corrected chi connectivity index (χ4v) is 5.93. The number of thioether (sulfide) groups is 1. The molecule has 2 aromatic heterocycles. The van der Waals surface area contributed by atoms with Gasteiger partial charge in [-0.3, -0.25) is 4.79 Å². The normalized spacial score (nSPS) is 11.4. The number of ether oxygens (including phenoxy) is 1. The van der Waals surface area contributed by atoms with Gasteiger partial charge in [0.05, 0.1) is 18.0 Å². The lowest BCUT2D eigenvalue weighted by Crippen LogP contribution is -2.23. The highest BCUT2D eigenvalue weighted by molar-refractivity contribution is 7.99. The highest BCUT2D eigenvalue weighted by atomic mass is 32.2. The number of fused-ring (bicyclic) bond motifs is 3. The molecule has 6 heteroatoms. The fraction of sp³-hybridized carbons (Fsp3) is 0.0968. The smallest absolute Gasteiger partial charge is 0.283 e. The molecule has 0 spiro atoms. The summed E-state index contributed by atoms with van der Waals surface area (Å²) in [5.41, 5.74) is 5.84. The van der Waals surface area contributed by atoms with Crippen LogP contribution >= 0.6 is 11.8 Å². The molecule has 0 bridgehead atoms. The third kappa shape index (κ3) is 4.19. The number of H-pyrrole nitrogens is 1. The van der Waals surface area contributed by atoms with E-state index in [1.165, 1.54) is 0 Å². The van der Waals surface area contributed by atoms with Crippen molar-refractivity contribution in [3.8, 4) is 11.4 Å². The van der Waals surface area contributed by atoms with Gasteiger partial charge in [0.15, 0.2) is 5.16 Å². The molecule has 5 nitrogen and oxygen atoms in total. The van der Waals surface area contributed by atoms with E-state index in [2.05, 4.69) is 29.2 Å². The number of para-hydroxylation sites is 1. The minimum atomic E-state index is -0.160. The highest BCUT2D eigenvalue weighted by Gasteiger charge is 2.24.